The monoisotopic (exact) mass is 410 g/mol. The molecule has 0 bridgehead atoms. The lowest BCUT2D eigenvalue weighted by Gasteiger charge is -2.36. The van der Waals surface area contributed by atoms with Crippen LogP contribution in [-0.4, -0.2) is 47.2 Å². The van der Waals surface area contributed by atoms with Crippen molar-refractivity contribution in [3.63, 3.8) is 0 Å². The van der Waals surface area contributed by atoms with Gasteiger partial charge >= 0.3 is 11.9 Å². The highest BCUT2D eigenvalue weighted by atomic mass is 19.4. The van der Waals surface area contributed by atoms with Crippen LogP contribution in [-0.2, 0) is 12.7 Å². The Labute approximate surface area is 169 Å². The fourth-order valence-corrected chi connectivity index (χ4v) is 3.11. The zero-order valence-corrected chi connectivity index (χ0v) is 17.2. The van der Waals surface area contributed by atoms with Crippen LogP contribution in [0.15, 0.2) is 47.4 Å². The van der Waals surface area contributed by atoms with Gasteiger partial charge in [0, 0.05) is 56.8 Å². The molecule has 0 saturated carbocycles. The van der Waals surface area contributed by atoms with Gasteiger partial charge in [-0.15, -0.1) is 0 Å². The average Bonchev–Trinajstić information content (AvgIpc) is 3.04. The number of aryl methyl sites for hydroxylation is 1. The Morgan fingerprint density at radius 1 is 1.07 bits per heavy atom. The number of piperazine rings is 1. The molecule has 1 aliphatic rings. The molecule has 1 aromatic carbocycles. The van der Waals surface area contributed by atoms with Crippen LogP contribution in [0, 0.1) is 6.92 Å². The minimum atomic E-state index is -4.32. The van der Waals surface area contributed by atoms with Crippen LogP contribution >= 0.6 is 0 Å². The van der Waals surface area contributed by atoms with Crippen LogP contribution in [0.5, 0.6) is 0 Å². The van der Waals surface area contributed by atoms with E-state index < -0.39 is 11.7 Å². The Balaban J connectivity index is 0.000000687. The van der Waals surface area contributed by atoms with Gasteiger partial charge in [0.1, 0.15) is 0 Å². The Hall–Kier alpha value is -2.48. The van der Waals surface area contributed by atoms with Crippen LogP contribution in [0.2, 0.25) is 0 Å². The van der Waals surface area contributed by atoms with Crippen LogP contribution in [0.4, 0.5) is 18.9 Å². The summed E-state index contributed by atoms with van der Waals surface area (Å²) in [4.78, 5) is 18.5. The fourth-order valence-electron chi connectivity index (χ4n) is 3.11. The Morgan fingerprint density at radius 2 is 1.72 bits per heavy atom. The minimum Gasteiger partial charge on any atom is -0.369 e. The second kappa shape index (κ2) is 10.3. The van der Waals surface area contributed by atoms with Crippen molar-refractivity contribution in [1.82, 2.24) is 14.5 Å². The van der Waals surface area contributed by atoms with Crippen molar-refractivity contribution >= 4 is 5.69 Å². The van der Waals surface area contributed by atoms with E-state index in [9.17, 15) is 18.0 Å². The first kappa shape index (κ1) is 22.8. The number of imidazole rings is 1. The van der Waals surface area contributed by atoms with Gasteiger partial charge in [0.15, 0.2) is 0 Å². The van der Waals surface area contributed by atoms with E-state index in [1.807, 2.05) is 37.8 Å². The maximum atomic E-state index is 12.8. The van der Waals surface area contributed by atoms with Crippen molar-refractivity contribution in [1.29, 1.82) is 0 Å². The molecular weight excluding hydrogens is 381 g/mol. The first-order chi connectivity index (χ1) is 13.8. The van der Waals surface area contributed by atoms with Gasteiger partial charge in [-0.3, -0.25) is 9.47 Å². The standard InChI is InChI=1S/C17H21F3N4O.C4H8/c1-13-12-21-16(25)24(13)10-7-22-5-8-23(9-6-22)15-4-2-3-14(11-15)17(18,19)20;1-3-4-2/h2-4,11-12H,5-10H2,1H3,(H,21,25);3-4H,1-2H3/b;4-3-. The van der Waals surface area contributed by atoms with E-state index in [-0.39, 0.29) is 5.69 Å². The molecule has 0 atom stereocenters. The van der Waals surface area contributed by atoms with Gasteiger partial charge in [0.05, 0.1) is 5.56 Å². The molecule has 0 aliphatic carbocycles. The van der Waals surface area contributed by atoms with Gasteiger partial charge in [-0.25, -0.2) is 4.79 Å². The second-order valence-electron chi connectivity index (χ2n) is 6.93. The van der Waals surface area contributed by atoms with E-state index >= 15 is 0 Å². The van der Waals surface area contributed by atoms with E-state index in [4.69, 9.17) is 0 Å². The van der Waals surface area contributed by atoms with Crippen molar-refractivity contribution in [3.8, 4) is 0 Å². The summed E-state index contributed by atoms with van der Waals surface area (Å²) in [5.41, 5.74) is 0.773. The van der Waals surface area contributed by atoms with Crippen LogP contribution in [0.3, 0.4) is 0 Å². The summed E-state index contributed by atoms with van der Waals surface area (Å²) in [6.45, 7) is 10.1. The number of allylic oxidation sites excluding steroid dienone is 2. The molecule has 0 unspecified atom stereocenters. The minimum absolute atomic E-state index is 0.111. The van der Waals surface area contributed by atoms with E-state index in [0.717, 1.165) is 31.4 Å². The smallest absolute Gasteiger partial charge is 0.369 e. The van der Waals surface area contributed by atoms with E-state index in [2.05, 4.69) is 9.88 Å². The van der Waals surface area contributed by atoms with E-state index in [0.29, 0.717) is 25.3 Å². The summed E-state index contributed by atoms with van der Waals surface area (Å²) in [6.07, 6.45) is 1.37. The third-order valence-electron chi connectivity index (χ3n) is 4.96. The van der Waals surface area contributed by atoms with Crippen molar-refractivity contribution in [3.05, 3.63) is 64.4 Å². The first-order valence-electron chi connectivity index (χ1n) is 9.73. The zero-order valence-electron chi connectivity index (χ0n) is 17.2. The number of hydrogen-bond donors (Lipinski definition) is 1. The third-order valence-corrected chi connectivity index (χ3v) is 4.96. The topological polar surface area (TPSA) is 44.3 Å². The number of benzene rings is 1. The molecule has 2 heterocycles. The quantitative estimate of drug-likeness (QED) is 0.778. The van der Waals surface area contributed by atoms with Crippen molar-refractivity contribution in [2.75, 3.05) is 37.6 Å². The number of aromatic nitrogens is 2. The van der Waals surface area contributed by atoms with Gasteiger partial charge < -0.3 is 9.88 Å². The van der Waals surface area contributed by atoms with Gasteiger partial charge in [-0.2, -0.15) is 13.2 Å². The molecule has 3 rings (SSSR count). The van der Waals surface area contributed by atoms with E-state index in [1.165, 1.54) is 12.1 Å². The van der Waals surface area contributed by atoms with Crippen LogP contribution in [0.25, 0.3) is 0 Å². The number of alkyl halides is 3. The molecule has 2 aromatic rings. The van der Waals surface area contributed by atoms with Gasteiger partial charge in [-0.05, 0) is 39.0 Å². The fraction of sp³-hybridized carbons (Fsp3) is 0.476. The summed E-state index contributed by atoms with van der Waals surface area (Å²) in [5.74, 6) is 0. The van der Waals surface area contributed by atoms with Crippen molar-refractivity contribution in [2.24, 2.45) is 0 Å². The number of aromatic amines is 1. The predicted octanol–water partition coefficient (Wildman–Crippen LogP) is 3.91. The molecule has 1 N–H and O–H groups in total. The summed E-state index contributed by atoms with van der Waals surface area (Å²) < 4.78 is 40.2. The van der Waals surface area contributed by atoms with Crippen molar-refractivity contribution in [2.45, 2.75) is 33.5 Å². The molecule has 1 saturated heterocycles. The SMILES string of the molecule is C/C=C\C.Cc1c[nH]c(=O)n1CCN1CCN(c2cccc(C(F)(F)F)c2)CC1. The molecule has 0 amide bonds. The lowest BCUT2D eigenvalue weighted by molar-refractivity contribution is -0.137. The Bertz CT molecular complexity index is 842. The number of halogens is 3. The molecule has 0 spiro atoms. The maximum Gasteiger partial charge on any atom is 0.416 e. The summed E-state index contributed by atoms with van der Waals surface area (Å²) in [6, 6.07) is 5.47. The molecule has 8 heteroatoms. The summed E-state index contributed by atoms with van der Waals surface area (Å²) in [5, 5.41) is 0. The third kappa shape index (κ3) is 6.52. The highest BCUT2D eigenvalue weighted by Gasteiger charge is 2.31. The maximum absolute atomic E-state index is 12.8. The summed E-state index contributed by atoms with van der Waals surface area (Å²) >= 11 is 0. The number of rotatable bonds is 4. The van der Waals surface area contributed by atoms with E-state index in [1.54, 1.807) is 16.8 Å². The lowest BCUT2D eigenvalue weighted by Crippen LogP contribution is -2.47. The normalized spacial score (nSPS) is 15.4. The highest BCUT2D eigenvalue weighted by molar-refractivity contribution is 5.49. The van der Waals surface area contributed by atoms with Gasteiger partial charge in [0.2, 0.25) is 0 Å². The number of anilines is 1. The molecule has 1 fully saturated rings. The van der Waals surface area contributed by atoms with Gasteiger partial charge in [-0.1, -0.05) is 18.2 Å². The molecular formula is C21H29F3N4O. The number of hydrogen-bond acceptors (Lipinski definition) is 3. The zero-order chi connectivity index (χ0) is 21.4. The van der Waals surface area contributed by atoms with Gasteiger partial charge in [0.25, 0.3) is 0 Å². The number of H-pyrrole nitrogens is 1. The number of nitrogens with zero attached hydrogens (tertiary/aromatic N) is 3. The Kier molecular flexibility index (Phi) is 8.13. The average molecular weight is 410 g/mol. The molecule has 0 radical (unpaired) electrons. The summed E-state index contributed by atoms with van der Waals surface area (Å²) in [7, 11) is 0. The molecule has 5 nitrogen and oxygen atoms in total. The number of nitrogens with one attached hydrogen (secondary N) is 1. The molecule has 1 aromatic heterocycles. The lowest BCUT2D eigenvalue weighted by atomic mass is 10.1. The largest absolute Gasteiger partial charge is 0.416 e. The second-order valence-corrected chi connectivity index (χ2v) is 6.93. The molecule has 1 aliphatic heterocycles. The van der Waals surface area contributed by atoms with Crippen LogP contribution in [0.1, 0.15) is 25.1 Å². The predicted molar refractivity (Wildman–Crippen MR) is 110 cm³/mol. The Morgan fingerprint density at radius 3 is 2.24 bits per heavy atom. The molecule has 160 valence electrons. The van der Waals surface area contributed by atoms with Crippen LogP contribution < -0.4 is 10.6 Å². The van der Waals surface area contributed by atoms with Crippen molar-refractivity contribution < 1.29 is 13.2 Å². The first-order valence-corrected chi connectivity index (χ1v) is 9.73. The molecule has 29 heavy (non-hydrogen) atoms. The highest BCUT2D eigenvalue weighted by Crippen LogP contribution is 2.31.